The molecule has 2 aromatic rings. The Morgan fingerprint density at radius 3 is 2.54 bits per heavy atom. The quantitative estimate of drug-likeness (QED) is 0.665. The van der Waals surface area contributed by atoms with Gasteiger partial charge in [0.25, 0.3) is 5.91 Å². The number of hydrogen-bond donors (Lipinski definition) is 0. The largest absolute Gasteiger partial charge is 0.484 e. The number of carbonyl (C=O) groups excluding carboxylic acids is 1. The fourth-order valence-corrected chi connectivity index (χ4v) is 3.19. The molecule has 0 bridgehead atoms. The minimum atomic E-state index is -0.294. The Kier molecular flexibility index (Phi) is 7.82. The highest BCUT2D eigenvalue weighted by molar-refractivity contribution is 5.77. The van der Waals surface area contributed by atoms with Crippen LogP contribution in [0.25, 0.3) is 0 Å². The molecular weight excluding hydrogens is 359 g/mol. The Bertz CT molecular complexity index is 736. The van der Waals surface area contributed by atoms with Crippen molar-refractivity contribution < 1.29 is 18.7 Å². The van der Waals surface area contributed by atoms with E-state index in [0.29, 0.717) is 17.9 Å². The number of morpholine rings is 1. The molecule has 0 radical (unpaired) electrons. The zero-order valence-corrected chi connectivity index (χ0v) is 16.1. The Balaban J connectivity index is 1.57. The SMILES string of the molecule is O=C(COc1ccccc1)N(CCCN1CCOCC1)Cc1ccccc1F. The Labute approximate surface area is 165 Å². The summed E-state index contributed by atoms with van der Waals surface area (Å²) in [6, 6.07) is 15.8. The minimum Gasteiger partial charge on any atom is -0.484 e. The van der Waals surface area contributed by atoms with Crippen LogP contribution in [0.1, 0.15) is 12.0 Å². The first-order valence-corrected chi connectivity index (χ1v) is 9.71. The summed E-state index contributed by atoms with van der Waals surface area (Å²) in [4.78, 5) is 16.8. The third kappa shape index (κ3) is 6.32. The van der Waals surface area contributed by atoms with Crippen LogP contribution in [0.5, 0.6) is 5.75 Å². The number of rotatable bonds is 9. The van der Waals surface area contributed by atoms with Gasteiger partial charge in [0, 0.05) is 38.3 Å². The lowest BCUT2D eigenvalue weighted by molar-refractivity contribution is -0.134. The standard InChI is InChI=1S/C22H27FN2O3/c23-21-10-5-4-7-19(21)17-25(12-6-11-24-13-15-27-16-14-24)22(26)18-28-20-8-2-1-3-9-20/h1-5,7-10H,6,11-18H2. The smallest absolute Gasteiger partial charge is 0.260 e. The van der Waals surface area contributed by atoms with Gasteiger partial charge in [0.1, 0.15) is 11.6 Å². The maximum atomic E-state index is 14.1. The maximum absolute atomic E-state index is 14.1. The van der Waals surface area contributed by atoms with Crippen LogP contribution >= 0.6 is 0 Å². The van der Waals surface area contributed by atoms with Crippen molar-refractivity contribution in [1.82, 2.24) is 9.80 Å². The highest BCUT2D eigenvalue weighted by Crippen LogP contribution is 2.13. The number of ether oxygens (including phenoxy) is 2. The van der Waals surface area contributed by atoms with Gasteiger partial charge < -0.3 is 14.4 Å². The molecule has 0 aromatic heterocycles. The molecule has 1 aliphatic heterocycles. The van der Waals surface area contributed by atoms with Crippen molar-refractivity contribution in [2.45, 2.75) is 13.0 Å². The molecule has 6 heteroatoms. The van der Waals surface area contributed by atoms with Gasteiger partial charge in [-0.05, 0) is 24.6 Å². The van der Waals surface area contributed by atoms with Gasteiger partial charge in [-0.1, -0.05) is 36.4 Å². The molecule has 2 aromatic carbocycles. The molecule has 28 heavy (non-hydrogen) atoms. The topological polar surface area (TPSA) is 42.0 Å². The van der Waals surface area contributed by atoms with E-state index in [9.17, 15) is 9.18 Å². The Morgan fingerprint density at radius 1 is 1.07 bits per heavy atom. The van der Waals surface area contributed by atoms with Crippen molar-refractivity contribution in [2.75, 3.05) is 46.0 Å². The van der Waals surface area contributed by atoms with Crippen molar-refractivity contribution >= 4 is 5.91 Å². The first-order valence-electron chi connectivity index (χ1n) is 9.71. The van der Waals surface area contributed by atoms with Gasteiger partial charge in [-0.25, -0.2) is 4.39 Å². The van der Waals surface area contributed by atoms with E-state index < -0.39 is 0 Å². The summed E-state index contributed by atoms with van der Waals surface area (Å²) in [5, 5.41) is 0. The Morgan fingerprint density at radius 2 is 1.79 bits per heavy atom. The molecule has 0 atom stereocenters. The summed E-state index contributed by atoms with van der Waals surface area (Å²) in [6.07, 6.45) is 0.825. The second-order valence-electron chi connectivity index (χ2n) is 6.82. The summed E-state index contributed by atoms with van der Waals surface area (Å²) >= 11 is 0. The van der Waals surface area contributed by atoms with Gasteiger partial charge in [-0.15, -0.1) is 0 Å². The monoisotopic (exact) mass is 386 g/mol. The van der Waals surface area contributed by atoms with E-state index in [0.717, 1.165) is 39.3 Å². The van der Waals surface area contributed by atoms with Crippen LogP contribution in [0.4, 0.5) is 4.39 Å². The molecule has 5 nitrogen and oxygen atoms in total. The van der Waals surface area contributed by atoms with Crippen LogP contribution < -0.4 is 4.74 Å². The van der Waals surface area contributed by atoms with Crippen LogP contribution in [-0.2, 0) is 16.1 Å². The van der Waals surface area contributed by atoms with Crippen molar-refractivity contribution in [1.29, 1.82) is 0 Å². The van der Waals surface area contributed by atoms with Crippen molar-refractivity contribution in [3.63, 3.8) is 0 Å². The van der Waals surface area contributed by atoms with Gasteiger partial charge in [0.05, 0.1) is 13.2 Å². The van der Waals surface area contributed by atoms with Crippen LogP contribution in [0.2, 0.25) is 0 Å². The molecule has 1 heterocycles. The summed E-state index contributed by atoms with van der Waals surface area (Å²) in [7, 11) is 0. The number of halogens is 1. The molecule has 0 saturated carbocycles. The lowest BCUT2D eigenvalue weighted by Gasteiger charge is -2.28. The van der Waals surface area contributed by atoms with Gasteiger partial charge in [-0.2, -0.15) is 0 Å². The molecule has 3 rings (SSSR count). The molecule has 0 N–H and O–H groups in total. The van der Waals surface area contributed by atoms with Gasteiger partial charge in [0.15, 0.2) is 6.61 Å². The highest BCUT2D eigenvalue weighted by atomic mass is 19.1. The van der Waals surface area contributed by atoms with Gasteiger partial charge >= 0.3 is 0 Å². The molecule has 0 spiro atoms. The van der Waals surface area contributed by atoms with E-state index >= 15 is 0 Å². The van der Waals surface area contributed by atoms with Crippen LogP contribution in [0, 0.1) is 5.82 Å². The first kappa shape index (κ1) is 20.3. The average molecular weight is 386 g/mol. The van der Waals surface area contributed by atoms with Crippen LogP contribution in [-0.4, -0.2) is 61.7 Å². The molecule has 1 fully saturated rings. The van der Waals surface area contributed by atoms with Crippen molar-refractivity contribution in [3.8, 4) is 5.75 Å². The van der Waals surface area contributed by atoms with E-state index in [2.05, 4.69) is 4.90 Å². The predicted molar refractivity (Wildman–Crippen MR) is 106 cm³/mol. The average Bonchev–Trinajstić information content (AvgIpc) is 2.74. The summed E-state index contributed by atoms with van der Waals surface area (Å²) in [5.74, 6) is 0.210. The van der Waals surface area contributed by atoms with Crippen LogP contribution in [0.15, 0.2) is 54.6 Å². The summed E-state index contributed by atoms with van der Waals surface area (Å²) in [6.45, 7) is 4.97. The van der Waals surface area contributed by atoms with Gasteiger partial charge in [-0.3, -0.25) is 9.69 Å². The third-order valence-electron chi connectivity index (χ3n) is 4.78. The lowest BCUT2D eigenvalue weighted by Crippen LogP contribution is -2.40. The zero-order valence-electron chi connectivity index (χ0n) is 16.1. The third-order valence-corrected chi connectivity index (χ3v) is 4.78. The van der Waals surface area contributed by atoms with Crippen molar-refractivity contribution in [2.24, 2.45) is 0 Å². The predicted octanol–water partition coefficient (Wildman–Crippen LogP) is 2.96. The molecule has 1 aliphatic rings. The minimum absolute atomic E-state index is 0.0595. The summed E-state index contributed by atoms with van der Waals surface area (Å²) < 4.78 is 25.1. The molecule has 150 valence electrons. The number of amides is 1. The zero-order chi connectivity index (χ0) is 19.6. The number of para-hydroxylation sites is 1. The first-order chi connectivity index (χ1) is 13.7. The molecule has 1 saturated heterocycles. The lowest BCUT2D eigenvalue weighted by atomic mass is 10.2. The molecule has 1 amide bonds. The number of carbonyl (C=O) groups is 1. The molecular formula is C22H27FN2O3. The fraction of sp³-hybridized carbons (Fsp3) is 0.409. The van der Waals surface area contributed by atoms with E-state index in [1.165, 1.54) is 6.07 Å². The van der Waals surface area contributed by atoms with Gasteiger partial charge in [0.2, 0.25) is 0 Å². The van der Waals surface area contributed by atoms with E-state index in [4.69, 9.17) is 9.47 Å². The molecule has 0 aliphatic carbocycles. The second kappa shape index (κ2) is 10.8. The fourth-order valence-electron chi connectivity index (χ4n) is 3.19. The van der Waals surface area contributed by atoms with E-state index in [1.54, 1.807) is 23.1 Å². The second-order valence-corrected chi connectivity index (χ2v) is 6.82. The van der Waals surface area contributed by atoms with Crippen LogP contribution in [0.3, 0.4) is 0 Å². The van der Waals surface area contributed by atoms with E-state index in [1.807, 2.05) is 30.3 Å². The molecule has 0 unspecified atom stereocenters. The van der Waals surface area contributed by atoms with E-state index in [-0.39, 0.29) is 24.9 Å². The number of benzene rings is 2. The van der Waals surface area contributed by atoms with Crippen molar-refractivity contribution in [3.05, 3.63) is 66.0 Å². The maximum Gasteiger partial charge on any atom is 0.260 e. The Hall–Kier alpha value is -2.44. The summed E-state index contributed by atoms with van der Waals surface area (Å²) in [5.41, 5.74) is 0.516. The highest BCUT2D eigenvalue weighted by Gasteiger charge is 2.17. The normalized spacial score (nSPS) is 14.6. The number of hydrogen-bond acceptors (Lipinski definition) is 4. The number of nitrogens with zero attached hydrogens (tertiary/aromatic N) is 2.